The highest BCUT2D eigenvalue weighted by molar-refractivity contribution is 5.87. The number of anilines is 1. The van der Waals surface area contributed by atoms with Gasteiger partial charge in [-0.3, -0.25) is 4.79 Å². The number of nitrogens with two attached hydrogens (primary N) is 1. The molecule has 1 aliphatic rings. The second-order valence-electron chi connectivity index (χ2n) is 5.87. The lowest BCUT2D eigenvalue weighted by molar-refractivity contribution is -0.122. The van der Waals surface area contributed by atoms with Crippen LogP contribution in [0.5, 0.6) is 0 Å². The number of carbonyl (C=O) groups excluding carboxylic acids is 2. The number of rotatable bonds is 5. The van der Waals surface area contributed by atoms with Gasteiger partial charge in [-0.15, -0.1) is 0 Å². The van der Waals surface area contributed by atoms with Crippen molar-refractivity contribution in [3.8, 4) is 0 Å². The molecule has 24 heavy (non-hydrogen) atoms. The number of primary amides is 1. The number of nitrogens with one attached hydrogen (secondary N) is 2. The number of hydrogen-bond donors (Lipinski definition) is 3. The summed E-state index contributed by atoms with van der Waals surface area (Å²) in [5, 5.41) is 5.34. The van der Waals surface area contributed by atoms with E-state index in [0.29, 0.717) is 24.2 Å². The molecule has 1 fully saturated rings. The Bertz CT molecular complexity index is 761. The number of halogens is 1. The van der Waals surface area contributed by atoms with Crippen LogP contribution >= 0.6 is 0 Å². The van der Waals surface area contributed by atoms with E-state index >= 15 is 0 Å². The molecule has 0 spiro atoms. The van der Waals surface area contributed by atoms with Crippen molar-refractivity contribution in [1.82, 2.24) is 5.32 Å². The molecule has 0 heterocycles. The van der Waals surface area contributed by atoms with Crippen LogP contribution in [0.15, 0.2) is 48.5 Å². The van der Waals surface area contributed by atoms with Crippen molar-refractivity contribution in [3.05, 3.63) is 65.5 Å². The Hall–Kier alpha value is -2.89. The molecule has 2 aromatic carbocycles. The Kier molecular flexibility index (Phi) is 4.46. The molecule has 0 aromatic heterocycles. The van der Waals surface area contributed by atoms with Gasteiger partial charge >= 0.3 is 6.03 Å². The third-order valence-electron chi connectivity index (χ3n) is 4.12. The topological polar surface area (TPSA) is 84.2 Å². The Balaban J connectivity index is 1.52. The smallest absolute Gasteiger partial charge is 0.316 e. The molecule has 1 aliphatic carbocycles. The van der Waals surface area contributed by atoms with E-state index in [1.807, 2.05) is 0 Å². The van der Waals surface area contributed by atoms with E-state index in [1.165, 1.54) is 6.07 Å². The fraction of sp³-hybridized carbons (Fsp3) is 0.222. The van der Waals surface area contributed by atoms with Crippen LogP contribution in [0.1, 0.15) is 23.5 Å². The molecule has 3 amide bonds. The third kappa shape index (κ3) is 3.71. The van der Waals surface area contributed by atoms with Crippen molar-refractivity contribution in [3.63, 3.8) is 0 Å². The molecule has 0 bridgehead atoms. The lowest BCUT2D eigenvalue weighted by atomic mass is 10.1. The van der Waals surface area contributed by atoms with E-state index in [1.54, 1.807) is 42.5 Å². The van der Waals surface area contributed by atoms with Crippen molar-refractivity contribution < 1.29 is 14.0 Å². The summed E-state index contributed by atoms with van der Waals surface area (Å²) < 4.78 is 13.7. The summed E-state index contributed by atoms with van der Waals surface area (Å²) in [4.78, 5) is 22.9. The van der Waals surface area contributed by atoms with Gasteiger partial charge in [0.15, 0.2) is 0 Å². The van der Waals surface area contributed by atoms with Crippen molar-refractivity contribution in [1.29, 1.82) is 0 Å². The predicted octanol–water partition coefficient (Wildman–Crippen LogP) is 2.74. The molecule has 2 atom stereocenters. The van der Waals surface area contributed by atoms with E-state index in [0.717, 1.165) is 5.56 Å². The Morgan fingerprint density at radius 2 is 1.83 bits per heavy atom. The first-order valence-electron chi connectivity index (χ1n) is 7.72. The predicted molar refractivity (Wildman–Crippen MR) is 88.7 cm³/mol. The highest BCUT2D eigenvalue weighted by Gasteiger charge is 2.44. The maximum Gasteiger partial charge on any atom is 0.316 e. The highest BCUT2D eigenvalue weighted by atomic mass is 19.1. The summed E-state index contributed by atoms with van der Waals surface area (Å²) in [6.07, 6.45) is 0.675. The molecular formula is C18H18FN3O2. The summed E-state index contributed by atoms with van der Waals surface area (Å²) in [6, 6.07) is 13.0. The Morgan fingerprint density at radius 1 is 1.12 bits per heavy atom. The number of carbonyl (C=O) groups is 2. The van der Waals surface area contributed by atoms with Crippen molar-refractivity contribution in [2.45, 2.75) is 18.9 Å². The minimum atomic E-state index is -0.621. The quantitative estimate of drug-likeness (QED) is 0.789. The summed E-state index contributed by atoms with van der Waals surface area (Å²) in [7, 11) is 0. The van der Waals surface area contributed by atoms with Gasteiger partial charge in [0, 0.05) is 18.2 Å². The SMILES string of the molecule is NC(=O)Nc1ccc(CNC(=O)C2CC2c2ccccc2F)cc1. The average molecular weight is 327 g/mol. The Labute approximate surface area is 139 Å². The van der Waals surface area contributed by atoms with Gasteiger partial charge < -0.3 is 16.4 Å². The number of hydrogen-bond acceptors (Lipinski definition) is 2. The molecule has 3 rings (SSSR count). The summed E-state index contributed by atoms with van der Waals surface area (Å²) >= 11 is 0. The van der Waals surface area contributed by atoms with Crippen LogP contribution in [0.4, 0.5) is 14.9 Å². The zero-order valence-corrected chi connectivity index (χ0v) is 13.0. The van der Waals surface area contributed by atoms with Crippen LogP contribution in [-0.4, -0.2) is 11.9 Å². The van der Waals surface area contributed by atoms with Crippen LogP contribution in [-0.2, 0) is 11.3 Å². The first-order chi connectivity index (χ1) is 11.5. The molecule has 0 aliphatic heterocycles. The van der Waals surface area contributed by atoms with Gasteiger partial charge in [-0.2, -0.15) is 0 Å². The lowest BCUT2D eigenvalue weighted by Gasteiger charge is -2.07. The van der Waals surface area contributed by atoms with Crippen LogP contribution in [0.25, 0.3) is 0 Å². The van der Waals surface area contributed by atoms with Gasteiger partial charge in [0.1, 0.15) is 5.82 Å². The fourth-order valence-electron chi connectivity index (χ4n) is 2.77. The minimum absolute atomic E-state index is 0.0339. The van der Waals surface area contributed by atoms with Gasteiger partial charge in [0.25, 0.3) is 0 Å². The second-order valence-corrected chi connectivity index (χ2v) is 5.87. The van der Waals surface area contributed by atoms with Crippen molar-refractivity contribution >= 4 is 17.6 Å². The van der Waals surface area contributed by atoms with Gasteiger partial charge in [0.2, 0.25) is 5.91 Å². The summed E-state index contributed by atoms with van der Waals surface area (Å²) in [5.41, 5.74) is 7.15. The maximum atomic E-state index is 13.7. The zero-order valence-electron chi connectivity index (χ0n) is 13.0. The normalized spacial score (nSPS) is 18.7. The fourth-order valence-corrected chi connectivity index (χ4v) is 2.77. The number of benzene rings is 2. The molecule has 2 aromatic rings. The van der Waals surface area contributed by atoms with Crippen LogP contribution in [0, 0.1) is 11.7 Å². The molecule has 5 nitrogen and oxygen atoms in total. The first-order valence-corrected chi connectivity index (χ1v) is 7.72. The maximum absolute atomic E-state index is 13.7. The number of urea groups is 1. The molecule has 1 saturated carbocycles. The summed E-state index contributed by atoms with van der Waals surface area (Å²) in [6.45, 7) is 0.385. The summed E-state index contributed by atoms with van der Waals surface area (Å²) in [5.74, 6) is -0.524. The van der Waals surface area contributed by atoms with Crippen LogP contribution < -0.4 is 16.4 Å². The average Bonchev–Trinajstić information content (AvgIpc) is 3.34. The van der Waals surface area contributed by atoms with Gasteiger partial charge in [0.05, 0.1) is 0 Å². The molecule has 0 radical (unpaired) electrons. The van der Waals surface area contributed by atoms with Gasteiger partial charge in [-0.25, -0.2) is 9.18 Å². The highest BCUT2D eigenvalue weighted by Crippen LogP contribution is 2.48. The largest absolute Gasteiger partial charge is 0.352 e. The van der Waals surface area contributed by atoms with Gasteiger partial charge in [-0.1, -0.05) is 30.3 Å². The molecular weight excluding hydrogens is 309 g/mol. The second kappa shape index (κ2) is 6.70. The standard InChI is InChI=1S/C18H18FN3O2/c19-16-4-2-1-3-13(16)14-9-15(14)17(23)21-10-11-5-7-12(8-6-11)22-18(20)24/h1-8,14-15H,9-10H2,(H,21,23)(H3,20,22,24). The molecule has 0 saturated heterocycles. The van der Waals surface area contributed by atoms with Crippen molar-refractivity contribution in [2.24, 2.45) is 11.7 Å². The van der Waals surface area contributed by atoms with E-state index in [2.05, 4.69) is 10.6 Å². The number of amides is 3. The molecule has 6 heteroatoms. The third-order valence-corrected chi connectivity index (χ3v) is 4.12. The molecule has 4 N–H and O–H groups in total. The van der Waals surface area contributed by atoms with E-state index in [4.69, 9.17) is 5.73 Å². The van der Waals surface area contributed by atoms with E-state index in [9.17, 15) is 14.0 Å². The molecule has 124 valence electrons. The molecule has 2 unspecified atom stereocenters. The Morgan fingerprint density at radius 3 is 2.50 bits per heavy atom. The zero-order chi connectivity index (χ0) is 17.1. The van der Waals surface area contributed by atoms with E-state index < -0.39 is 6.03 Å². The van der Waals surface area contributed by atoms with Crippen molar-refractivity contribution in [2.75, 3.05) is 5.32 Å². The van der Waals surface area contributed by atoms with Crippen LogP contribution in [0.3, 0.4) is 0 Å². The van der Waals surface area contributed by atoms with Gasteiger partial charge in [-0.05, 0) is 41.7 Å². The monoisotopic (exact) mass is 327 g/mol. The lowest BCUT2D eigenvalue weighted by Crippen LogP contribution is -2.25. The van der Waals surface area contributed by atoms with E-state index in [-0.39, 0.29) is 23.6 Å². The van der Waals surface area contributed by atoms with Crippen LogP contribution in [0.2, 0.25) is 0 Å². The minimum Gasteiger partial charge on any atom is -0.352 e. The first kappa shape index (κ1) is 16.0.